The standard InChI is InChI=1S/C13H17BrN2O/c1-15-8-9-16-12(17)13(6-7-13)10-2-4-11(14)5-3-10/h2-5,15H,6-9H2,1H3,(H,16,17). The summed E-state index contributed by atoms with van der Waals surface area (Å²) < 4.78 is 1.05. The van der Waals surface area contributed by atoms with Crippen molar-refractivity contribution in [3.05, 3.63) is 34.3 Å². The van der Waals surface area contributed by atoms with Gasteiger partial charge in [-0.05, 0) is 37.6 Å². The smallest absolute Gasteiger partial charge is 0.230 e. The first-order valence-electron chi connectivity index (χ1n) is 5.88. The zero-order valence-corrected chi connectivity index (χ0v) is 11.5. The van der Waals surface area contributed by atoms with E-state index in [0.29, 0.717) is 6.54 Å². The monoisotopic (exact) mass is 296 g/mol. The lowest BCUT2D eigenvalue weighted by Crippen LogP contribution is -2.38. The number of carbonyl (C=O) groups excluding carboxylic acids is 1. The van der Waals surface area contributed by atoms with Gasteiger partial charge in [-0.15, -0.1) is 0 Å². The molecule has 2 rings (SSSR count). The molecule has 0 aromatic heterocycles. The molecule has 0 unspecified atom stereocenters. The van der Waals surface area contributed by atoms with E-state index in [9.17, 15) is 4.79 Å². The first-order valence-corrected chi connectivity index (χ1v) is 6.67. The van der Waals surface area contributed by atoms with Gasteiger partial charge in [0.2, 0.25) is 5.91 Å². The third-order valence-electron chi connectivity index (χ3n) is 3.24. The van der Waals surface area contributed by atoms with E-state index in [1.807, 2.05) is 31.3 Å². The van der Waals surface area contributed by atoms with Gasteiger partial charge in [0.1, 0.15) is 0 Å². The van der Waals surface area contributed by atoms with Crippen molar-refractivity contribution in [1.82, 2.24) is 10.6 Å². The molecule has 0 aliphatic heterocycles. The summed E-state index contributed by atoms with van der Waals surface area (Å²) in [6.45, 7) is 1.50. The second kappa shape index (κ2) is 5.19. The Bertz CT molecular complexity index is 398. The minimum absolute atomic E-state index is 0.162. The Balaban J connectivity index is 2.03. The molecule has 0 atom stereocenters. The second-order valence-corrected chi connectivity index (χ2v) is 5.36. The molecular formula is C13H17BrN2O. The highest BCUT2D eigenvalue weighted by atomic mass is 79.9. The summed E-state index contributed by atoms with van der Waals surface area (Å²) in [7, 11) is 1.88. The average molecular weight is 297 g/mol. The number of benzene rings is 1. The molecule has 1 fully saturated rings. The zero-order valence-electron chi connectivity index (χ0n) is 9.92. The van der Waals surface area contributed by atoms with Crippen LogP contribution in [0.3, 0.4) is 0 Å². The molecule has 0 bridgehead atoms. The Kier molecular flexibility index (Phi) is 3.84. The van der Waals surface area contributed by atoms with Gasteiger partial charge in [0.25, 0.3) is 0 Å². The van der Waals surface area contributed by atoms with Crippen LogP contribution in [0.15, 0.2) is 28.7 Å². The van der Waals surface area contributed by atoms with Crippen molar-refractivity contribution in [3.63, 3.8) is 0 Å². The average Bonchev–Trinajstić information content (AvgIpc) is 3.11. The number of halogens is 1. The number of amides is 1. The van der Waals surface area contributed by atoms with Gasteiger partial charge in [-0.25, -0.2) is 0 Å². The van der Waals surface area contributed by atoms with Crippen LogP contribution >= 0.6 is 15.9 Å². The van der Waals surface area contributed by atoms with E-state index in [1.165, 1.54) is 0 Å². The third-order valence-corrected chi connectivity index (χ3v) is 3.77. The van der Waals surface area contributed by atoms with Crippen LogP contribution in [0.2, 0.25) is 0 Å². The third kappa shape index (κ3) is 2.69. The van der Waals surface area contributed by atoms with Crippen LogP contribution in [0.25, 0.3) is 0 Å². The molecule has 1 aromatic rings. The molecule has 1 saturated carbocycles. The molecule has 1 aliphatic rings. The molecule has 3 nitrogen and oxygen atoms in total. The SMILES string of the molecule is CNCCNC(=O)C1(c2ccc(Br)cc2)CC1. The van der Waals surface area contributed by atoms with Crippen LogP contribution in [0.1, 0.15) is 18.4 Å². The van der Waals surface area contributed by atoms with Gasteiger partial charge < -0.3 is 10.6 Å². The summed E-state index contributed by atoms with van der Waals surface area (Å²) in [4.78, 5) is 12.1. The molecule has 0 radical (unpaired) electrons. The van der Waals surface area contributed by atoms with Crippen molar-refractivity contribution in [1.29, 1.82) is 0 Å². The molecule has 17 heavy (non-hydrogen) atoms. The summed E-state index contributed by atoms with van der Waals surface area (Å²) in [6.07, 6.45) is 1.92. The quantitative estimate of drug-likeness (QED) is 0.814. The summed E-state index contributed by atoms with van der Waals surface area (Å²) in [5.74, 6) is 0.162. The molecule has 4 heteroatoms. The minimum atomic E-state index is -0.256. The van der Waals surface area contributed by atoms with Gasteiger partial charge in [0.05, 0.1) is 5.41 Å². The van der Waals surface area contributed by atoms with Crippen molar-refractivity contribution in [2.24, 2.45) is 0 Å². The summed E-state index contributed by atoms with van der Waals surface area (Å²) in [6, 6.07) is 8.07. The molecule has 92 valence electrons. The van der Waals surface area contributed by atoms with E-state index in [1.54, 1.807) is 0 Å². The van der Waals surface area contributed by atoms with E-state index in [2.05, 4.69) is 26.6 Å². The summed E-state index contributed by atoms with van der Waals surface area (Å²) in [5, 5.41) is 6.01. The van der Waals surface area contributed by atoms with Crippen molar-refractivity contribution in [2.45, 2.75) is 18.3 Å². The van der Waals surface area contributed by atoms with Crippen LogP contribution in [-0.4, -0.2) is 26.0 Å². The molecule has 1 aromatic carbocycles. The predicted octanol–water partition coefficient (Wildman–Crippen LogP) is 1.82. The van der Waals surface area contributed by atoms with Gasteiger partial charge >= 0.3 is 0 Å². The molecule has 1 amide bonds. The first-order chi connectivity index (χ1) is 8.19. The summed E-state index contributed by atoms with van der Waals surface area (Å²) >= 11 is 3.41. The lowest BCUT2D eigenvalue weighted by Gasteiger charge is -2.15. The number of hydrogen-bond donors (Lipinski definition) is 2. The fourth-order valence-electron chi connectivity index (χ4n) is 2.01. The van der Waals surface area contributed by atoms with Gasteiger partial charge in [0.15, 0.2) is 0 Å². The highest BCUT2D eigenvalue weighted by molar-refractivity contribution is 9.10. The Morgan fingerprint density at radius 1 is 1.29 bits per heavy atom. The highest BCUT2D eigenvalue weighted by Gasteiger charge is 2.50. The van der Waals surface area contributed by atoms with Gasteiger partial charge in [-0.3, -0.25) is 4.79 Å². The molecule has 0 saturated heterocycles. The van der Waals surface area contributed by atoms with Crippen LogP contribution in [0, 0.1) is 0 Å². The Labute approximate surface area is 110 Å². The number of likely N-dealkylation sites (N-methyl/N-ethyl adjacent to an activating group) is 1. The Morgan fingerprint density at radius 3 is 2.47 bits per heavy atom. The van der Waals surface area contributed by atoms with Crippen molar-refractivity contribution < 1.29 is 4.79 Å². The second-order valence-electron chi connectivity index (χ2n) is 4.45. The van der Waals surface area contributed by atoms with E-state index in [4.69, 9.17) is 0 Å². The normalized spacial score (nSPS) is 16.6. The van der Waals surface area contributed by atoms with E-state index in [-0.39, 0.29) is 11.3 Å². The first kappa shape index (κ1) is 12.6. The molecule has 2 N–H and O–H groups in total. The fraction of sp³-hybridized carbons (Fsp3) is 0.462. The molecule has 1 aliphatic carbocycles. The van der Waals surface area contributed by atoms with Gasteiger partial charge in [-0.1, -0.05) is 28.1 Å². The van der Waals surface area contributed by atoms with Gasteiger partial charge in [-0.2, -0.15) is 0 Å². The number of rotatable bonds is 5. The van der Waals surface area contributed by atoms with Crippen molar-refractivity contribution >= 4 is 21.8 Å². The minimum Gasteiger partial charge on any atom is -0.354 e. The summed E-state index contributed by atoms with van der Waals surface area (Å²) in [5.41, 5.74) is 0.872. The van der Waals surface area contributed by atoms with Gasteiger partial charge in [0, 0.05) is 17.6 Å². The maximum absolute atomic E-state index is 12.1. The van der Waals surface area contributed by atoms with Crippen molar-refractivity contribution in [2.75, 3.05) is 20.1 Å². The molecule has 0 spiro atoms. The van der Waals surface area contributed by atoms with Crippen molar-refractivity contribution in [3.8, 4) is 0 Å². The lowest BCUT2D eigenvalue weighted by molar-refractivity contribution is -0.123. The topological polar surface area (TPSA) is 41.1 Å². The maximum atomic E-state index is 12.1. The highest BCUT2D eigenvalue weighted by Crippen LogP contribution is 2.48. The molecular weight excluding hydrogens is 280 g/mol. The largest absolute Gasteiger partial charge is 0.354 e. The van der Waals surface area contributed by atoms with E-state index < -0.39 is 0 Å². The Hall–Kier alpha value is -0.870. The number of carbonyl (C=O) groups is 1. The van der Waals surface area contributed by atoms with E-state index >= 15 is 0 Å². The fourth-order valence-corrected chi connectivity index (χ4v) is 2.28. The lowest BCUT2D eigenvalue weighted by atomic mass is 9.95. The number of nitrogens with one attached hydrogen (secondary N) is 2. The Morgan fingerprint density at radius 2 is 1.94 bits per heavy atom. The predicted molar refractivity (Wildman–Crippen MR) is 72.0 cm³/mol. The van der Waals surface area contributed by atoms with E-state index in [0.717, 1.165) is 29.4 Å². The van der Waals surface area contributed by atoms with Crippen LogP contribution in [0.5, 0.6) is 0 Å². The number of hydrogen-bond acceptors (Lipinski definition) is 2. The molecule has 0 heterocycles. The van der Waals surface area contributed by atoms with Crippen LogP contribution < -0.4 is 10.6 Å². The van der Waals surface area contributed by atoms with Crippen LogP contribution in [0.4, 0.5) is 0 Å². The maximum Gasteiger partial charge on any atom is 0.230 e. The van der Waals surface area contributed by atoms with Crippen LogP contribution in [-0.2, 0) is 10.2 Å². The zero-order chi connectivity index (χ0) is 12.3.